The van der Waals surface area contributed by atoms with Crippen molar-refractivity contribution in [3.63, 3.8) is 0 Å². The van der Waals surface area contributed by atoms with Crippen LogP contribution in [-0.2, 0) is 35.1 Å². The number of hydrogen-bond donors (Lipinski definition) is 2. The number of methoxy groups -OCH3 is 2. The fraction of sp³-hybridized carbons (Fsp3) is 0.698. The van der Waals surface area contributed by atoms with E-state index in [-0.39, 0.29) is 54.0 Å². The van der Waals surface area contributed by atoms with Gasteiger partial charge in [0.1, 0.15) is 11.0 Å². The summed E-state index contributed by atoms with van der Waals surface area (Å²) in [5.74, 6) is -1.23. The molecular formula is C43H70N6O6S. The van der Waals surface area contributed by atoms with Gasteiger partial charge in [-0.2, -0.15) is 0 Å². The van der Waals surface area contributed by atoms with E-state index in [0.717, 1.165) is 23.4 Å². The first-order valence-electron chi connectivity index (χ1n) is 20.2. The van der Waals surface area contributed by atoms with Crippen LogP contribution in [-0.4, -0.2) is 122 Å². The molecule has 3 rings (SSSR count). The molecule has 2 aromatic rings. The average molecular weight is 799 g/mol. The second kappa shape index (κ2) is 21.4. The smallest absolute Gasteiger partial charge is 0.245 e. The van der Waals surface area contributed by atoms with Crippen molar-refractivity contribution in [2.45, 2.75) is 130 Å². The number of rotatable bonds is 20. The summed E-state index contributed by atoms with van der Waals surface area (Å²) < 4.78 is 12.1. The number of likely N-dealkylation sites (tertiary alicyclic amines) is 1. The second-order valence-electron chi connectivity index (χ2n) is 17.2. The van der Waals surface area contributed by atoms with E-state index in [1.54, 1.807) is 32.4 Å². The van der Waals surface area contributed by atoms with E-state index >= 15 is 0 Å². The number of aromatic nitrogens is 1. The van der Waals surface area contributed by atoms with Crippen LogP contribution in [0.1, 0.15) is 97.7 Å². The van der Waals surface area contributed by atoms with Gasteiger partial charge in [0.05, 0.1) is 48.7 Å². The first-order valence-corrected chi connectivity index (χ1v) is 21.1. The fourth-order valence-electron chi connectivity index (χ4n) is 8.28. The number of carbonyl (C=O) groups excluding carboxylic acids is 4. The zero-order chi connectivity index (χ0) is 41.9. The zero-order valence-electron chi connectivity index (χ0n) is 36.2. The van der Waals surface area contributed by atoms with E-state index < -0.39 is 41.7 Å². The third kappa shape index (κ3) is 12.1. The van der Waals surface area contributed by atoms with Crippen LogP contribution in [0.25, 0.3) is 0 Å². The third-order valence-electron chi connectivity index (χ3n) is 11.5. The normalized spacial score (nSPS) is 19.1. The number of amides is 4. The minimum Gasteiger partial charge on any atom is -0.379 e. The first-order chi connectivity index (χ1) is 26.4. The highest BCUT2D eigenvalue weighted by molar-refractivity contribution is 7.09. The van der Waals surface area contributed by atoms with Crippen LogP contribution in [0.4, 0.5) is 0 Å². The Morgan fingerprint density at radius 1 is 0.982 bits per heavy atom. The molecule has 2 heterocycles. The molecule has 13 heteroatoms. The Morgan fingerprint density at radius 2 is 1.64 bits per heavy atom. The maximum atomic E-state index is 14.5. The quantitative estimate of drug-likeness (QED) is 0.178. The van der Waals surface area contributed by atoms with Crippen molar-refractivity contribution in [3.05, 3.63) is 52.5 Å². The molecule has 0 radical (unpaired) electrons. The Balaban J connectivity index is 1.81. The fourth-order valence-corrected chi connectivity index (χ4v) is 8.97. The summed E-state index contributed by atoms with van der Waals surface area (Å²) in [6.45, 7) is 16.3. The van der Waals surface area contributed by atoms with Gasteiger partial charge in [-0.05, 0) is 56.2 Å². The standard InChI is InChI=1S/C43H70N6O6S/c1-14-28(4)36(48(11)42(53)38(43(6,7)8)46-40(52)35(27(2)3)47(9)10)33(54-12)26-34(50)49-23-18-21-32(49)37(55-13)29(5)39(51)45-31(41-44-22-24-56-41)25-30-19-16-15-17-20-30/h15-17,19-20,22,24,27-29,31-33,35-38H,14,18,21,23,25-26H2,1-13H3,(H,45,51)(H,46,52)/t28-,29+,31?,32-,33+,35-,36-,37+,38+/m0/s1. The van der Waals surface area contributed by atoms with Gasteiger partial charge in [-0.1, -0.05) is 92.1 Å². The molecule has 1 aromatic heterocycles. The SMILES string of the molecule is CC[C@H](C)[C@@H]([C@@H](CC(=O)N1CCC[C@H]1[C@H](OC)[C@@H](C)C(=O)NC(Cc1ccccc1)c1nccs1)OC)N(C)C(=O)[C@@H](NC(=O)[C@H](C(C)C)N(C)C)C(C)(C)C. The molecule has 1 unspecified atom stereocenters. The lowest BCUT2D eigenvalue weighted by atomic mass is 9.83. The Morgan fingerprint density at radius 3 is 2.16 bits per heavy atom. The van der Waals surface area contributed by atoms with Crippen molar-refractivity contribution in [2.24, 2.45) is 23.2 Å². The van der Waals surface area contributed by atoms with E-state index in [9.17, 15) is 19.2 Å². The maximum absolute atomic E-state index is 14.5. The lowest BCUT2D eigenvalue weighted by molar-refractivity contribution is -0.149. The number of carbonyl (C=O) groups is 4. The minimum atomic E-state index is -0.804. The predicted molar refractivity (Wildman–Crippen MR) is 223 cm³/mol. The first kappa shape index (κ1) is 47.0. The largest absolute Gasteiger partial charge is 0.379 e. The monoisotopic (exact) mass is 799 g/mol. The Bertz CT molecular complexity index is 1520. The number of likely N-dealkylation sites (N-methyl/N-ethyl adjacent to an activating group) is 2. The molecule has 314 valence electrons. The lowest BCUT2D eigenvalue weighted by Crippen LogP contribution is -2.61. The van der Waals surface area contributed by atoms with Crippen LogP contribution in [0.5, 0.6) is 0 Å². The van der Waals surface area contributed by atoms with Crippen LogP contribution < -0.4 is 10.6 Å². The molecule has 1 fully saturated rings. The Hall–Kier alpha value is -3.39. The summed E-state index contributed by atoms with van der Waals surface area (Å²) in [5.41, 5.74) is 0.505. The summed E-state index contributed by atoms with van der Waals surface area (Å²) in [4.78, 5) is 66.3. The highest BCUT2D eigenvalue weighted by Crippen LogP contribution is 2.31. The van der Waals surface area contributed by atoms with Crippen molar-refractivity contribution in [1.82, 2.24) is 30.3 Å². The van der Waals surface area contributed by atoms with Gasteiger partial charge in [0, 0.05) is 39.4 Å². The summed E-state index contributed by atoms with van der Waals surface area (Å²) >= 11 is 1.51. The van der Waals surface area contributed by atoms with Crippen molar-refractivity contribution in [3.8, 4) is 0 Å². The molecule has 1 aliphatic heterocycles. The van der Waals surface area contributed by atoms with E-state index in [1.165, 1.54) is 11.3 Å². The number of ether oxygens (including phenoxy) is 2. The van der Waals surface area contributed by atoms with Crippen LogP contribution >= 0.6 is 11.3 Å². The molecule has 0 aliphatic carbocycles. The molecule has 1 aliphatic rings. The number of hydrogen-bond acceptors (Lipinski definition) is 9. The molecule has 1 aromatic carbocycles. The molecule has 56 heavy (non-hydrogen) atoms. The number of benzene rings is 1. The number of nitrogens with one attached hydrogen (secondary N) is 2. The predicted octanol–water partition coefficient (Wildman–Crippen LogP) is 5.58. The van der Waals surface area contributed by atoms with E-state index in [4.69, 9.17) is 9.47 Å². The van der Waals surface area contributed by atoms with E-state index in [0.29, 0.717) is 19.4 Å². The summed E-state index contributed by atoms with van der Waals surface area (Å²) in [6, 6.07) is 7.74. The lowest BCUT2D eigenvalue weighted by Gasteiger charge is -2.42. The summed E-state index contributed by atoms with van der Waals surface area (Å²) in [5, 5.41) is 9.07. The molecule has 12 nitrogen and oxygen atoms in total. The van der Waals surface area contributed by atoms with Gasteiger partial charge in [0.25, 0.3) is 0 Å². The molecule has 9 atom stereocenters. The summed E-state index contributed by atoms with van der Waals surface area (Å²) in [6.07, 6.45) is 3.45. The molecule has 0 spiro atoms. The van der Waals surface area contributed by atoms with Crippen molar-refractivity contribution >= 4 is 35.0 Å². The van der Waals surface area contributed by atoms with Crippen LogP contribution in [0.2, 0.25) is 0 Å². The zero-order valence-corrected chi connectivity index (χ0v) is 37.0. The van der Waals surface area contributed by atoms with Crippen LogP contribution in [0, 0.1) is 23.2 Å². The van der Waals surface area contributed by atoms with Gasteiger partial charge in [-0.15, -0.1) is 11.3 Å². The highest BCUT2D eigenvalue weighted by atomic mass is 32.1. The molecule has 1 saturated heterocycles. The second-order valence-corrected chi connectivity index (χ2v) is 18.1. The molecule has 0 bridgehead atoms. The topological polar surface area (TPSA) is 133 Å². The van der Waals surface area contributed by atoms with Gasteiger partial charge >= 0.3 is 0 Å². The molecular weight excluding hydrogens is 729 g/mol. The van der Waals surface area contributed by atoms with Gasteiger partial charge < -0.3 is 29.9 Å². The number of nitrogens with zero attached hydrogens (tertiary/aromatic N) is 4. The van der Waals surface area contributed by atoms with Crippen LogP contribution in [0.15, 0.2) is 41.9 Å². The summed E-state index contributed by atoms with van der Waals surface area (Å²) in [7, 11) is 8.67. The minimum absolute atomic E-state index is 0.0188. The molecule has 4 amide bonds. The Labute approximate surface area is 340 Å². The van der Waals surface area contributed by atoms with E-state index in [1.807, 2.05) is 101 Å². The Kier molecular flexibility index (Phi) is 17.9. The van der Waals surface area contributed by atoms with Gasteiger partial charge in [0.2, 0.25) is 23.6 Å². The van der Waals surface area contributed by atoms with Gasteiger partial charge in [-0.25, -0.2) is 4.98 Å². The molecule has 0 saturated carbocycles. The van der Waals surface area contributed by atoms with E-state index in [2.05, 4.69) is 29.5 Å². The third-order valence-corrected chi connectivity index (χ3v) is 12.4. The molecule has 2 N–H and O–H groups in total. The van der Waals surface area contributed by atoms with Crippen LogP contribution in [0.3, 0.4) is 0 Å². The van der Waals surface area contributed by atoms with Gasteiger partial charge in [0.15, 0.2) is 0 Å². The number of thiazole rings is 1. The average Bonchev–Trinajstić information content (AvgIpc) is 3.86. The van der Waals surface area contributed by atoms with Gasteiger partial charge in [-0.3, -0.25) is 24.1 Å². The van der Waals surface area contributed by atoms with Crippen molar-refractivity contribution in [2.75, 3.05) is 41.9 Å². The van der Waals surface area contributed by atoms with Crippen molar-refractivity contribution < 1.29 is 28.7 Å². The van der Waals surface area contributed by atoms with Crippen molar-refractivity contribution in [1.29, 1.82) is 0 Å². The highest BCUT2D eigenvalue weighted by Gasteiger charge is 2.44. The maximum Gasteiger partial charge on any atom is 0.245 e.